The number of benzene rings is 1. The Morgan fingerprint density at radius 1 is 1.18 bits per heavy atom. The lowest BCUT2D eigenvalue weighted by atomic mass is 10.1. The van der Waals surface area contributed by atoms with Gasteiger partial charge in [0.25, 0.3) is 0 Å². The van der Waals surface area contributed by atoms with E-state index in [-0.39, 0.29) is 35.9 Å². The number of carbonyl (C=O) groups is 1. The molecule has 2 heterocycles. The largest absolute Gasteiger partial charge is 0.469 e. The van der Waals surface area contributed by atoms with Gasteiger partial charge < -0.3 is 20.4 Å². The van der Waals surface area contributed by atoms with Crippen molar-refractivity contribution in [3.63, 3.8) is 0 Å². The summed E-state index contributed by atoms with van der Waals surface area (Å²) in [6, 6.07) is 14.8. The van der Waals surface area contributed by atoms with Crippen molar-refractivity contribution < 1.29 is 9.21 Å². The van der Waals surface area contributed by atoms with Crippen LogP contribution in [0.5, 0.6) is 0 Å². The maximum atomic E-state index is 12.0. The van der Waals surface area contributed by atoms with Gasteiger partial charge in [0.1, 0.15) is 5.76 Å². The van der Waals surface area contributed by atoms with E-state index in [9.17, 15) is 4.79 Å². The molecule has 1 aromatic heterocycles. The molecular formula is C25H38IN5O2. The molecule has 1 saturated heterocycles. The third kappa shape index (κ3) is 9.75. The highest BCUT2D eigenvalue weighted by Crippen LogP contribution is 2.13. The Morgan fingerprint density at radius 2 is 1.94 bits per heavy atom. The number of aliphatic imine (C=N–C) groups is 1. The molecule has 3 N–H and O–H groups in total. The molecule has 1 amide bonds. The highest BCUT2D eigenvalue weighted by Gasteiger charge is 2.22. The van der Waals surface area contributed by atoms with Gasteiger partial charge in [-0.2, -0.15) is 0 Å². The zero-order chi connectivity index (χ0) is 22.6. The van der Waals surface area contributed by atoms with Crippen LogP contribution in [0.4, 0.5) is 0 Å². The van der Waals surface area contributed by atoms with Gasteiger partial charge in [-0.25, -0.2) is 0 Å². The number of carbonyl (C=O) groups excluding carboxylic acids is 1. The molecule has 1 unspecified atom stereocenters. The van der Waals surface area contributed by atoms with E-state index in [0.717, 1.165) is 57.0 Å². The number of amides is 1. The fourth-order valence-corrected chi connectivity index (χ4v) is 3.85. The number of furan rings is 1. The van der Waals surface area contributed by atoms with E-state index >= 15 is 0 Å². The van der Waals surface area contributed by atoms with Crippen molar-refractivity contribution in [1.29, 1.82) is 0 Å². The maximum Gasteiger partial charge on any atom is 0.234 e. The predicted molar refractivity (Wildman–Crippen MR) is 144 cm³/mol. The average Bonchev–Trinajstić information content (AvgIpc) is 3.33. The van der Waals surface area contributed by atoms with Gasteiger partial charge in [-0.05, 0) is 43.9 Å². The lowest BCUT2D eigenvalue weighted by Gasteiger charge is -2.33. The second-order valence-electron chi connectivity index (χ2n) is 8.38. The second-order valence-corrected chi connectivity index (χ2v) is 8.38. The summed E-state index contributed by atoms with van der Waals surface area (Å²) in [6.45, 7) is 7.92. The van der Waals surface area contributed by atoms with Gasteiger partial charge in [0.2, 0.25) is 5.91 Å². The van der Waals surface area contributed by atoms with E-state index in [1.54, 1.807) is 6.26 Å². The average molecular weight is 568 g/mol. The molecule has 1 atom stereocenters. The van der Waals surface area contributed by atoms with Crippen molar-refractivity contribution in [3.05, 3.63) is 60.1 Å². The molecule has 0 bridgehead atoms. The molecule has 1 fully saturated rings. The molecule has 2 aromatic rings. The van der Waals surface area contributed by atoms with Crippen molar-refractivity contribution in [3.8, 4) is 0 Å². The minimum Gasteiger partial charge on any atom is -0.469 e. The summed E-state index contributed by atoms with van der Waals surface area (Å²) in [5, 5.41) is 10.1. The zero-order valence-corrected chi connectivity index (χ0v) is 22.1. The lowest BCUT2D eigenvalue weighted by molar-refractivity contribution is -0.122. The molecule has 0 aliphatic carbocycles. The van der Waals surface area contributed by atoms with Gasteiger partial charge in [-0.15, -0.1) is 24.0 Å². The number of hydrogen-bond acceptors (Lipinski definition) is 4. The van der Waals surface area contributed by atoms with Crippen LogP contribution in [-0.4, -0.2) is 55.5 Å². The van der Waals surface area contributed by atoms with E-state index in [1.165, 1.54) is 5.56 Å². The summed E-state index contributed by atoms with van der Waals surface area (Å²) in [6.07, 6.45) is 5.41. The summed E-state index contributed by atoms with van der Waals surface area (Å²) in [7, 11) is 0. The van der Waals surface area contributed by atoms with E-state index in [1.807, 2.05) is 18.2 Å². The van der Waals surface area contributed by atoms with Crippen molar-refractivity contribution in [1.82, 2.24) is 20.9 Å². The van der Waals surface area contributed by atoms with Gasteiger partial charge in [-0.3, -0.25) is 14.7 Å². The third-order valence-corrected chi connectivity index (χ3v) is 5.73. The normalized spacial score (nSPS) is 16.0. The summed E-state index contributed by atoms with van der Waals surface area (Å²) in [4.78, 5) is 19.0. The first kappa shape index (κ1) is 27.2. The van der Waals surface area contributed by atoms with Gasteiger partial charge in [0.15, 0.2) is 5.96 Å². The monoisotopic (exact) mass is 567 g/mol. The highest BCUT2D eigenvalue weighted by molar-refractivity contribution is 14.0. The molecule has 33 heavy (non-hydrogen) atoms. The van der Waals surface area contributed by atoms with Crippen LogP contribution >= 0.6 is 24.0 Å². The first-order valence-corrected chi connectivity index (χ1v) is 11.8. The van der Waals surface area contributed by atoms with E-state index in [4.69, 9.17) is 9.41 Å². The zero-order valence-electron chi connectivity index (χ0n) is 19.8. The predicted octanol–water partition coefficient (Wildman–Crippen LogP) is 3.73. The SMILES string of the molecule is CCCNC(=O)CN1CCC(NC(=NCCc2ccco2)NC(C)c2ccccc2)CC1.I. The maximum absolute atomic E-state index is 12.0. The number of hydrogen-bond donors (Lipinski definition) is 3. The van der Waals surface area contributed by atoms with E-state index < -0.39 is 0 Å². The first-order chi connectivity index (χ1) is 15.6. The Hall–Kier alpha value is -2.07. The molecule has 1 aromatic carbocycles. The number of nitrogens with zero attached hydrogens (tertiary/aromatic N) is 2. The van der Waals surface area contributed by atoms with Gasteiger partial charge >= 0.3 is 0 Å². The minimum absolute atomic E-state index is 0. The number of piperidine rings is 1. The van der Waals surface area contributed by atoms with E-state index in [0.29, 0.717) is 19.1 Å². The molecule has 0 spiro atoms. The standard InChI is InChI=1S/C25H37N5O2.HI/c1-3-14-26-24(31)19-30-16-12-22(13-17-30)29-25(27-15-11-23-10-7-18-32-23)28-20(2)21-8-5-4-6-9-21;/h4-10,18,20,22H,3,11-17,19H2,1-2H3,(H,26,31)(H2,27,28,29);1H. The van der Waals surface area contributed by atoms with E-state index in [2.05, 4.69) is 59.0 Å². The molecule has 182 valence electrons. The summed E-state index contributed by atoms with van der Waals surface area (Å²) in [5.41, 5.74) is 1.22. The van der Waals surface area contributed by atoms with Crippen molar-refractivity contribution in [2.24, 2.45) is 4.99 Å². The molecule has 1 aliphatic rings. The van der Waals surface area contributed by atoms with Crippen LogP contribution in [0.2, 0.25) is 0 Å². The summed E-state index contributed by atoms with van der Waals surface area (Å²) >= 11 is 0. The fraction of sp³-hybridized carbons (Fsp3) is 0.520. The minimum atomic E-state index is 0. The lowest BCUT2D eigenvalue weighted by Crippen LogP contribution is -2.50. The number of guanidine groups is 1. The summed E-state index contributed by atoms with van der Waals surface area (Å²) in [5.74, 6) is 1.89. The first-order valence-electron chi connectivity index (χ1n) is 11.8. The molecule has 0 radical (unpaired) electrons. The fourth-order valence-electron chi connectivity index (χ4n) is 3.85. The Bertz CT molecular complexity index is 821. The Morgan fingerprint density at radius 3 is 2.61 bits per heavy atom. The Balaban J connectivity index is 0.00000385. The van der Waals surface area contributed by atoms with Gasteiger partial charge in [-0.1, -0.05) is 37.3 Å². The molecule has 3 rings (SSSR count). The highest BCUT2D eigenvalue weighted by atomic mass is 127. The Labute approximate surface area is 214 Å². The van der Waals surface area contributed by atoms with Crippen LogP contribution in [-0.2, 0) is 11.2 Å². The van der Waals surface area contributed by atoms with Crippen LogP contribution in [0.3, 0.4) is 0 Å². The molecular weight excluding hydrogens is 529 g/mol. The van der Waals surface area contributed by atoms with Gasteiger partial charge in [0.05, 0.1) is 18.8 Å². The number of likely N-dealkylation sites (tertiary alicyclic amines) is 1. The molecule has 7 nitrogen and oxygen atoms in total. The van der Waals surface area contributed by atoms with Crippen LogP contribution < -0.4 is 16.0 Å². The molecule has 0 saturated carbocycles. The Kier molecular flexibility index (Phi) is 12.3. The number of rotatable bonds is 10. The van der Waals surface area contributed by atoms with Crippen molar-refractivity contribution in [2.45, 2.75) is 51.6 Å². The van der Waals surface area contributed by atoms with Crippen LogP contribution in [0, 0.1) is 0 Å². The third-order valence-electron chi connectivity index (χ3n) is 5.73. The van der Waals surface area contributed by atoms with Crippen LogP contribution in [0.1, 0.15) is 50.5 Å². The second kappa shape index (κ2) is 15.0. The number of halogens is 1. The summed E-state index contributed by atoms with van der Waals surface area (Å²) < 4.78 is 5.44. The van der Waals surface area contributed by atoms with Crippen molar-refractivity contribution >= 4 is 35.8 Å². The molecule has 1 aliphatic heterocycles. The van der Waals surface area contributed by atoms with Crippen LogP contribution in [0.25, 0.3) is 0 Å². The van der Waals surface area contributed by atoms with Crippen molar-refractivity contribution in [2.75, 3.05) is 32.7 Å². The molecule has 8 heteroatoms. The quantitative estimate of drug-likeness (QED) is 0.232. The number of nitrogens with one attached hydrogen (secondary N) is 3. The van der Waals surface area contributed by atoms with Gasteiger partial charge in [0, 0.05) is 38.6 Å². The topological polar surface area (TPSA) is 81.9 Å². The van der Waals surface area contributed by atoms with Crippen LogP contribution in [0.15, 0.2) is 58.1 Å². The smallest absolute Gasteiger partial charge is 0.234 e.